The fourth-order valence-electron chi connectivity index (χ4n) is 12.6. The van der Waals surface area contributed by atoms with Crippen molar-refractivity contribution in [3.63, 3.8) is 0 Å². The van der Waals surface area contributed by atoms with Crippen LogP contribution in [0.2, 0.25) is 5.15 Å². The number of carbonyl (C=O) groups is 6. The Morgan fingerprint density at radius 3 is 1.22 bits per heavy atom. The van der Waals surface area contributed by atoms with E-state index in [1.165, 1.54) is 47.8 Å². The van der Waals surface area contributed by atoms with Crippen molar-refractivity contribution in [2.24, 2.45) is 0 Å². The molecule has 3 saturated heterocycles. The smallest absolute Gasteiger partial charge is 0.446 e. The van der Waals surface area contributed by atoms with Crippen LogP contribution in [-0.4, -0.2) is 211 Å². The van der Waals surface area contributed by atoms with E-state index in [0.717, 1.165) is 57.4 Å². The van der Waals surface area contributed by atoms with Crippen LogP contribution in [0.1, 0.15) is 73.1 Å². The molecule has 0 bridgehead atoms. The number of nitrogens with zero attached hydrogens (tertiary/aromatic N) is 22. The fourth-order valence-corrected chi connectivity index (χ4v) is 12.8. The van der Waals surface area contributed by atoms with Gasteiger partial charge in [-0.3, -0.25) is 38.8 Å². The predicted molar refractivity (Wildman–Crippen MR) is 471 cm³/mol. The van der Waals surface area contributed by atoms with Crippen molar-refractivity contribution in [3.8, 4) is 34.5 Å². The zero-order valence-electron chi connectivity index (χ0n) is 69.1. The highest BCUT2D eigenvalue weighted by molar-refractivity contribution is 6.29. The number of aryl methyl sites for hydroxylation is 3. The van der Waals surface area contributed by atoms with Gasteiger partial charge in [-0.15, -0.1) is 0 Å². The van der Waals surface area contributed by atoms with Crippen LogP contribution in [0.25, 0.3) is 50.0 Å². The predicted octanol–water partition coefficient (Wildman–Crippen LogP) is 14.3. The second-order valence-corrected chi connectivity index (χ2v) is 30.6. The van der Waals surface area contributed by atoms with Crippen molar-refractivity contribution in [3.05, 3.63) is 206 Å². The van der Waals surface area contributed by atoms with Gasteiger partial charge >= 0.3 is 18.4 Å². The van der Waals surface area contributed by atoms with Crippen LogP contribution >= 0.6 is 11.6 Å². The number of benzene rings is 3. The Bertz CT molecular complexity index is 6570. The molecule has 128 heavy (non-hydrogen) atoms. The standard InChI is InChI=1S/C29H29N9O4.C24H21N9O2.C20H14ClN7O.C9H16N2O3.C2HF3O.2CH4/c1-18-13-19(5-7-22(18)41-20-9-10-38-24(14-20)31-17-33-38)34-27-26-21(30-16-32-27)6-8-23(35-26)37-12-11-36(15-25(37)39)28(40)42-29(2,3)4;1-15-10-16(2-4-19(15)35-17-6-8-33-21(11-17)27-14-29-33)30-24-23-18(26-13-28-24)3-5-20(31-23)32-9-7-25-12-22(32)34;1-12-8-13(26-20-19-15(22-10-24-20)3-5-17(21)27-19)2-4-16(12)29-14-6-7-28-18(9-14)23-11-25-28;1-9(2,3)14-8(13)11-5-4-10-7(12)6-11;3-2(4,5)1-6;;/h5-10,13-14,16-17H,11-12,15H2,1-4H3,(H,30,32,34);2-6,8,10-11,13-14,25H,7,9,12H2,1H3,(H,26,28,30);2-11H,1H3,(H,22,24,26);4-6H2,1-3H3,(H,10,12);1H;2*1H4. The Labute approximate surface area is 734 Å². The molecule has 5 amide bonds. The van der Waals surface area contributed by atoms with E-state index in [2.05, 4.69) is 91.7 Å². The van der Waals surface area contributed by atoms with Gasteiger partial charge in [0.15, 0.2) is 34.4 Å². The first-order chi connectivity index (χ1) is 60.4. The number of amides is 5. The molecular weight excluding hydrogens is 1680 g/mol. The molecule has 38 nitrogen and oxygen atoms in total. The third-order valence-corrected chi connectivity index (χ3v) is 18.7. The number of halogens is 4. The Morgan fingerprint density at radius 1 is 0.453 bits per heavy atom. The van der Waals surface area contributed by atoms with Crippen LogP contribution in [0.3, 0.4) is 0 Å². The second-order valence-electron chi connectivity index (χ2n) is 30.2. The molecule has 5 N–H and O–H groups in total. The topological polar surface area (TPSA) is 428 Å². The quantitative estimate of drug-likeness (QED) is 0.0498. The monoisotopic (exact) mass is 1770 g/mol. The van der Waals surface area contributed by atoms with Crippen LogP contribution in [0, 0.1) is 20.8 Å². The van der Waals surface area contributed by atoms with Gasteiger partial charge in [-0.1, -0.05) is 26.5 Å². The average Bonchev–Trinajstić information content (AvgIpc) is 0.933. The number of carbonyl (C=O) groups excluding carboxylic acids is 6. The minimum absolute atomic E-state index is 0. The van der Waals surface area contributed by atoms with Crippen LogP contribution < -0.4 is 50.6 Å². The summed E-state index contributed by atoms with van der Waals surface area (Å²) in [6, 6.07) is 39.0. The molecule has 15 heterocycles. The van der Waals surface area contributed by atoms with E-state index in [9.17, 15) is 37.1 Å². The highest BCUT2D eigenvalue weighted by atomic mass is 35.5. The summed E-state index contributed by atoms with van der Waals surface area (Å²) in [5, 5.41) is 28.3. The van der Waals surface area contributed by atoms with Gasteiger partial charge in [-0.2, -0.15) is 28.5 Å². The van der Waals surface area contributed by atoms with Gasteiger partial charge in [0.05, 0.1) is 23.1 Å². The molecule has 0 aliphatic carbocycles. The maximum Gasteiger partial charge on any atom is 0.446 e. The summed E-state index contributed by atoms with van der Waals surface area (Å²) in [4.78, 5) is 127. The number of piperazine rings is 3. The van der Waals surface area contributed by atoms with Gasteiger partial charge in [0, 0.05) is 93.1 Å². The molecule has 0 radical (unpaired) electrons. The molecular formula is C86H89ClF3N27O11. The number of nitrogens with one attached hydrogen (secondary N) is 5. The fraction of sp³-hybridized carbons (Fsp3) is 0.267. The Hall–Kier alpha value is -15.6. The van der Waals surface area contributed by atoms with Gasteiger partial charge in [-0.25, -0.2) is 82.9 Å². The van der Waals surface area contributed by atoms with E-state index in [1.54, 1.807) is 102 Å². The lowest BCUT2D eigenvalue weighted by atomic mass is 10.2. The number of anilines is 8. The minimum atomic E-state index is -4.64. The summed E-state index contributed by atoms with van der Waals surface area (Å²) in [6.45, 7) is 19.9. The number of aromatic nitrogens is 18. The molecule has 18 rings (SSSR count). The van der Waals surface area contributed by atoms with Crippen molar-refractivity contribution >= 4 is 144 Å². The first-order valence-corrected chi connectivity index (χ1v) is 39.4. The normalized spacial score (nSPS) is 13.4. The van der Waals surface area contributed by atoms with Gasteiger partial charge in [0.1, 0.15) is 130 Å². The summed E-state index contributed by atoms with van der Waals surface area (Å²) in [5.41, 5.74) is 9.98. The van der Waals surface area contributed by atoms with Crippen molar-refractivity contribution < 1.29 is 65.6 Å². The average molecular weight is 1770 g/mol. The van der Waals surface area contributed by atoms with Crippen molar-refractivity contribution in [2.45, 2.75) is 94.5 Å². The number of hydrogen-bond donors (Lipinski definition) is 5. The van der Waals surface area contributed by atoms with Gasteiger partial charge in [-0.05, 0) is 188 Å². The van der Waals surface area contributed by atoms with Gasteiger partial charge in [0.2, 0.25) is 24.0 Å². The molecule has 0 atom stereocenters. The maximum absolute atomic E-state index is 13.0. The molecule has 3 aliphatic heterocycles. The summed E-state index contributed by atoms with van der Waals surface area (Å²) in [5.74, 6) is 6.47. The number of fused-ring (bicyclic) bond motifs is 6. The van der Waals surface area contributed by atoms with Crippen LogP contribution in [0.4, 0.5) is 68.9 Å². The zero-order valence-corrected chi connectivity index (χ0v) is 69.9. The van der Waals surface area contributed by atoms with E-state index >= 15 is 0 Å². The Balaban J connectivity index is 0.000000158. The molecule has 3 aromatic carbocycles. The van der Waals surface area contributed by atoms with E-state index in [0.29, 0.717) is 134 Å². The molecule has 0 spiro atoms. The minimum Gasteiger partial charge on any atom is -0.457 e. The summed E-state index contributed by atoms with van der Waals surface area (Å²) < 4.78 is 65.0. The lowest BCUT2D eigenvalue weighted by Crippen LogP contribution is -2.53. The van der Waals surface area contributed by atoms with E-state index in [4.69, 9.17) is 50.0 Å². The van der Waals surface area contributed by atoms with Crippen molar-refractivity contribution in [1.82, 2.24) is 109 Å². The molecule has 0 unspecified atom stereocenters. The first-order valence-electron chi connectivity index (χ1n) is 39.0. The van der Waals surface area contributed by atoms with Gasteiger partial charge < -0.3 is 50.3 Å². The lowest BCUT2D eigenvalue weighted by molar-refractivity contribution is -0.156. The number of aldehydes is 1. The molecule has 3 fully saturated rings. The molecule has 15 aromatic rings. The molecule has 12 aromatic heterocycles. The van der Waals surface area contributed by atoms with Crippen LogP contribution in [0.5, 0.6) is 34.5 Å². The molecule has 42 heteroatoms. The summed E-state index contributed by atoms with van der Waals surface area (Å²) in [7, 11) is 0. The highest BCUT2D eigenvalue weighted by Gasteiger charge is 2.33. The first kappa shape index (κ1) is 91.7. The van der Waals surface area contributed by atoms with E-state index < -0.39 is 35.9 Å². The summed E-state index contributed by atoms with van der Waals surface area (Å²) >= 11 is 6.02. The number of rotatable bonds is 14. The number of pyridine rings is 6. The van der Waals surface area contributed by atoms with Crippen LogP contribution in [-0.2, 0) is 28.7 Å². The number of alkyl halides is 3. The second kappa shape index (κ2) is 40.0. The number of hydrogen-bond acceptors (Lipinski definition) is 30. The van der Waals surface area contributed by atoms with Crippen LogP contribution in [0.15, 0.2) is 184 Å². The molecule has 662 valence electrons. The van der Waals surface area contributed by atoms with Crippen molar-refractivity contribution in [1.29, 1.82) is 0 Å². The molecule has 0 saturated carbocycles. The Morgan fingerprint density at radius 2 is 0.844 bits per heavy atom. The third kappa shape index (κ3) is 23.7. The largest absolute Gasteiger partial charge is 0.457 e. The van der Waals surface area contributed by atoms with Crippen molar-refractivity contribution in [2.75, 3.05) is 84.7 Å². The summed E-state index contributed by atoms with van der Waals surface area (Å²) in [6.07, 6.45) is 7.71. The lowest BCUT2D eigenvalue weighted by Gasteiger charge is -2.34. The van der Waals surface area contributed by atoms with E-state index in [-0.39, 0.29) is 52.2 Å². The molecule has 3 aliphatic rings. The maximum atomic E-state index is 13.0. The Kier molecular flexibility index (Phi) is 28.6. The number of ether oxygens (including phenoxy) is 5. The van der Waals surface area contributed by atoms with E-state index in [1.807, 2.05) is 130 Å². The zero-order chi connectivity index (χ0) is 89.0. The highest BCUT2D eigenvalue weighted by Crippen LogP contribution is 2.36. The third-order valence-electron chi connectivity index (χ3n) is 18.5. The van der Waals surface area contributed by atoms with Gasteiger partial charge in [0.25, 0.3) is 0 Å². The SMILES string of the molecule is C.C.CC(C)(C)OC(=O)N1CCNC(=O)C1.Cc1cc(Nc2ncnc3ccc(Cl)nc23)ccc1Oc1ccn2ncnc2c1.Cc1cc(Nc2ncnc3ccc(N4CCN(C(=O)OC(C)(C)C)CC4=O)nc23)ccc1Oc1ccn2ncnc2c1.Cc1cc(Nc2ncnc3ccc(N4CCNCC4=O)nc23)ccc1Oc1ccn2ncnc2c1.O=CC(F)(F)F.